The van der Waals surface area contributed by atoms with Crippen LogP contribution in [-0.4, -0.2) is 5.78 Å². The minimum absolute atomic E-state index is 0.0562. The Morgan fingerprint density at radius 3 is 1.33 bits per heavy atom. The van der Waals surface area contributed by atoms with E-state index in [4.69, 9.17) is 8.83 Å². The van der Waals surface area contributed by atoms with Crippen LogP contribution in [0.25, 0.3) is 22.3 Å². The number of hydrogen-bond acceptors (Lipinski definition) is 3. The van der Waals surface area contributed by atoms with Gasteiger partial charge in [-0.1, -0.05) is 38.3 Å². The third-order valence-electron chi connectivity index (χ3n) is 9.82. The van der Waals surface area contributed by atoms with Crippen LogP contribution < -0.4 is 5.30 Å². The fraction of sp³-hybridized carbons (Fsp3) is 0.308. The summed E-state index contributed by atoms with van der Waals surface area (Å²) in [6, 6.07) is 19.5. The van der Waals surface area contributed by atoms with Crippen LogP contribution in [0.15, 0.2) is 76.0 Å². The van der Waals surface area contributed by atoms with Gasteiger partial charge in [0, 0.05) is 24.2 Å². The summed E-state index contributed by atoms with van der Waals surface area (Å²) in [5, 5.41) is 1.35. The van der Waals surface area contributed by atoms with Crippen molar-refractivity contribution in [2.75, 3.05) is 0 Å². The molecule has 6 rings (SSSR count). The van der Waals surface area contributed by atoms with Crippen LogP contribution >= 0.6 is 7.92 Å². The van der Waals surface area contributed by atoms with E-state index in [0.717, 1.165) is 11.5 Å². The van der Waals surface area contributed by atoms with E-state index in [2.05, 4.69) is 97.9 Å². The van der Waals surface area contributed by atoms with Crippen LogP contribution in [0, 0.1) is 55.4 Å². The highest BCUT2D eigenvalue weighted by Gasteiger charge is 2.44. The predicted molar refractivity (Wildman–Crippen MR) is 179 cm³/mol. The zero-order chi connectivity index (χ0) is 30.6. The van der Waals surface area contributed by atoms with E-state index in [0.29, 0.717) is 12.8 Å². The number of hydrogen-bond donors (Lipinski definition) is 0. The molecule has 2 unspecified atom stereocenters. The Hall–Kier alpha value is -3.68. The molecule has 0 radical (unpaired) electrons. The minimum Gasteiger partial charge on any atom is -0.469 e. The third-order valence-corrected chi connectivity index (χ3v) is 13.0. The normalized spacial score (nSPS) is 18.8. The van der Waals surface area contributed by atoms with Crippen molar-refractivity contribution in [1.82, 2.24) is 0 Å². The maximum Gasteiger partial charge on any atom is 0.135 e. The Balaban J connectivity index is 1.78. The largest absolute Gasteiger partial charge is 0.469 e. The summed E-state index contributed by atoms with van der Waals surface area (Å²) in [6.07, 6.45) is 4.43. The lowest BCUT2D eigenvalue weighted by molar-refractivity contribution is -0.119. The average Bonchev–Trinajstić information content (AvgIpc) is 3.71. The van der Waals surface area contributed by atoms with Crippen molar-refractivity contribution >= 4 is 19.0 Å². The number of carbonyl (C=O) groups excluding carboxylic acids is 1. The Morgan fingerprint density at radius 2 is 0.977 bits per heavy atom. The molecule has 0 bridgehead atoms. The van der Waals surface area contributed by atoms with Crippen LogP contribution in [0.4, 0.5) is 0 Å². The highest BCUT2D eigenvalue weighted by molar-refractivity contribution is 7.67. The van der Waals surface area contributed by atoms with Crippen LogP contribution in [0.2, 0.25) is 0 Å². The second-order valence-electron chi connectivity index (χ2n) is 12.4. The fourth-order valence-corrected chi connectivity index (χ4v) is 10.8. The molecule has 2 aromatic heterocycles. The van der Waals surface area contributed by atoms with Crippen molar-refractivity contribution in [2.24, 2.45) is 0 Å². The number of Topliss-reactive ketones (excluding diaryl/α,β-unsaturated/α-hetero) is 1. The predicted octanol–water partition coefficient (Wildman–Crippen LogP) is 10.6. The molecule has 3 heterocycles. The summed E-state index contributed by atoms with van der Waals surface area (Å²) in [5.41, 5.74) is 15.5. The number of ketones is 1. The summed E-state index contributed by atoms with van der Waals surface area (Å²) >= 11 is 0. The van der Waals surface area contributed by atoms with Crippen LogP contribution in [-0.2, 0) is 4.79 Å². The van der Waals surface area contributed by atoms with Gasteiger partial charge in [0.25, 0.3) is 0 Å². The van der Waals surface area contributed by atoms with Gasteiger partial charge in [-0.2, -0.15) is 0 Å². The topological polar surface area (TPSA) is 43.4 Å². The molecule has 0 amide bonds. The van der Waals surface area contributed by atoms with E-state index >= 15 is 0 Å². The van der Waals surface area contributed by atoms with Gasteiger partial charge >= 0.3 is 0 Å². The number of carbonyl (C=O) groups is 1. The van der Waals surface area contributed by atoms with Crippen LogP contribution in [0.3, 0.4) is 0 Å². The molecule has 0 N–H and O–H groups in total. The molecule has 2 atom stereocenters. The second kappa shape index (κ2) is 11.4. The zero-order valence-corrected chi connectivity index (χ0v) is 27.5. The second-order valence-corrected chi connectivity index (χ2v) is 14.9. The number of benzene rings is 3. The summed E-state index contributed by atoms with van der Waals surface area (Å²) in [6.45, 7) is 17.9. The van der Waals surface area contributed by atoms with Gasteiger partial charge in [-0.3, -0.25) is 4.79 Å². The summed E-state index contributed by atoms with van der Waals surface area (Å²) in [4.78, 5) is 13.5. The maximum absolute atomic E-state index is 13.5. The van der Waals surface area contributed by atoms with Crippen LogP contribution in [0.1, 0.15) is 80.2 Å². The van der Waals surface area contributed by atoms with E-state index in [1.807, 2.05) is 12.1 Å². The minimum atomic E-state index is -1.01. The molecule has 220 valence electrons. The number of rotatable bonds is 5. The van der Waals surface area contributed by atoms with E-state index < -0.39 is 7.92 Å². The smallest absolute Gasteiger partial charge is 0.135 e. The van der Waals surface area contributed by atoms with E-state index in [-0.39, 0.29) is 17.1 Å². The molecule has 1 saturated heterocycles. The van der Waals surface area contributed by atoms with Gasteiger partial charge in [0.1, 0.15) is 17.3 Å². The quantitative estimate of drug-likeness (QED) is 0.192. The molecular weight excluding hydrogens is 547 g/mol. The third kappa shape index (κ3) is 5.02. The van der Waals surface area contributed by atoms with E-state index in [1.165, 1.54) is 72.1 Å². The summed E-state index contributed by atoms with van der Waals surface area (Å²) in [5.74, 6) is 2.04. The molecule has 0 aliphatic carbocycles. The van der Waals surface area contributed by atoms with E-state index in [9.17, 15) is 4.79 Å². The van der Waals surface area contributed by atoms with Gasteiger partial charge in [0.2, 0.25) is 0 Å². The Kier molecular flexibility index (Phi) is 7.82. The van der Waals surface area contributed by atoms with Crippen molar-refractivity contribution in [3.63, 3.8) is 0 Å². The number of furan rings is 2. The van der Waals surface area contributed by atoms with Gasteiger partial charge in [-0.05, 0) is 152 Å². The first-order valence-corrected chi connectivity index (χ1v) is 16.7. The van der Waals surface area contributed by atoms with Crippen molar-refractivity contribution < 1.29 is 13.6 Å². The molecule has 3 aromatic carbocycles. The highest BCUT2D eigenvalue weighted by Crippen LogP contribution is 2.68. The molecular formula is C39H41O3P. The lowest BCUT2D eigenvalue weighted by Gasteiger charge is -2.39. The van der Waals surface area contributed by atoms with Gasteiger partial charge in [0.05, 0.1) is 12.5 Å². The van der Waals surface area contributed by atoms with E-state index in [1.54, 1.807) is 12.5 Å². The average molecular weight is 589 g/mol. The Labute approximate surface area is 257 Å². The molecule has 0 saturated carbocycles. The van der Waals surface area contributed by atoms with Gasteiger partial charge in [-0.25, -0.2) is 0 Å². The van der Waals surface area contributed by atoms with Crippen molar-refractivity contribution in [2.45, 2.75) is 79.5 Å². The standard InChI is InChI=1S/C39H41O3P/c1-22-18-23(2)27(6)37(26(22)5)31-12-9-13-32(38-28(7)24(3)19-25(4)29(38)8)39(31)43-35(33-14-10-16-41-33)20-30(40)21-36(43)34-15-11-17-42-34/h9-19,35-36H,20-21H2,1-8H3. The van der Waals surface area contributed by atoms with Gasteiger partial charge in [-0.15, -0.1) is 0 Å². The maximum atomic E-state index is 13.5. The molecule has 1 aliphatic heterocycles. The lowest BCUT2D eigenvalue weighted by atomic mass is 9.85. The molecule has 1 aliphatic rings. The molecule has 3 nitrogen and oxygen atoms in total. The first kappa shape index (κ1) is 29.4. The monoisotopic (exact) mass is 588 g/mol. The van der Waals surface area contributed by atoms with Crippen LogP contribution in [0.5, 0.6) is 0 Å². The SMILES string of the molecule is Cc1cc(C)c(C)c(-c2cccc(-c3c(C)c(C)cc(C)c3C)c2P2C(c3ccco3)CC(=O)CC2c2ccco2)c1C. The molecule has 5 aromatic rings. The molecule has 0 spiro atoms. The van der Waals surface area contributed by atoms with Gasteiger partial charge in [0.15, 0.2) is 0 Å². The molecule has 43 heavy (non-hydrogen) atoms. The first-order chi connectivity index (χ1) is 20.6. The lowest BCUT2D eigenvalue weighted by Crippen LogP contribution is -2.26. The Bertz CT molecular complexity index is 1650. The molecule has 4 heteroatoms. The van der Waals surface area contributed by atoms with Gasteiger partial charge < -0.3 is 8.83 Å². The Morgan fingerprint density at radius 1 is 0.581 bits per heavy atom. The molecule has 1 fully saturated rings. The van der Waals surface area contributed by atoms with Crippen molar-refractivity contribution in [3.8, 4) is 22.3 Å². The highest BCUT2D eigenvalue weighted by atomic mass is 31.1. The zero-order valence-electron chi connectivity index (χ0n) is 26.6. The number of aryl methyl sites for hydroxylation is 4. The first-order valence-electron chi connectivity index (χ1n) is 15.2. The van der Waals surface area contributed by atoms with Crippen molar-refractivity contribution in [1.29, 1.82) is 0 Å². The van der Waals surface area contributed by atoms with Crippen molar-refractivity contribution in [3.05, 3.63) is 123 Å². The summed E-state index contributed by atoms with van der Waals surface area (Å²) < 4.78 is 12.3. The fourth-order valence-electron chi connectivity index (χ4n) is 7.14. The summed E-state index contributed by atoms with van der Waals surface area (Å²) in [7, 11) is -1.01.